The lowest BCUT2D eigenvalue weighted by Crippen LogP contribution is -1.92. The maximum atomic E-state index is 7.61. The second-order valence-electron chi connectivity index (χ2n) is 0.632. The summed E-state index contributed by atoms with van der Waals surface area (Å²) in [5.41, 5.74) is 0. The van der Waals surface area contributed by atoms with Crippen LogP contribution in [-0.2, 0) is 0 Å². The Hall–Kier alpha value is -0.340. The molecule has 0 aliphatic heterocycles. The van der Waals surface area contributed by atoms with Crippen molar-refractivity contribution in [2.45, 2.75) is 13.2 Å². The van der Waals surface area contributed by atoms with Crippen molar-refractivity contribution < 1.29 is 10.2 Å². The lowest BCUT2D eigenvalue weighted by molar-refractivity contribution is -0.0228. The van der Waals surface area contributed by atoms with Crippen LogP contribution >= 0.6 is 0 Å². The van der Waals surface area contributed by atoms with E-state index in [1.807, 2.05) is 0 Å². The highest BCUT2D eigenvalue weighted by atomic mass is 16.5. The molecule has 0 amide bonds. The predicted molar refractivity (Wildman–Crippen MR) is 25.2 cm³/mol. The molecular formula is C4H10O2. The molecule has 0 atom stereocenters. The average molecular weight is 90.1 g/mol. The molecule has 2 N–H and O–H groups in total. The Balaban J connectivity index is 0. The Bertz CT molecular complexity index is 16.8. The fourth-order valence-electron chi connectivity index (χ4n) is 0. The number of aliphatic hydroxyl groups excluding tert-OH is 1. The van der Waals surface area contributed by atoms with Crippen LogP contribution in [0.2, 0.25) is 0 Å². The van der Waals surface area contributed by atoms with E-state index in [0.717, 1.165) is 0 Å². The zero-order chi connectivity index (χ0) is 5.58. The normalized spacial score (nSPS) is 6.67. The molecule has 0 unspecified atom stereocenters. The molecule has 0 rings (SSSR count). The standard InChI is InChI=1S/C2H6O2.C2H4/c1-2(3)4;1-2/h2-4H,1H3;1-2H2. The molecule has 0 bridgehead atoms. The number of rotatable bonds is 0. The average Bonchev–Trinajstić information content (AvgIpc) is 1.41. The molecule has 2 nitrogen and oxygen atoms in total. The summed E-state index contributed by atoms with van der Waals surface area (Å²) < 4.78 is 0. The van der Waals surface area contributed by atoms with Gasteiger partial charge in [0.05, 0.1) is 0 Å². The summed E-state index contributed by atoms with van der Waals surface area (Å²) in [4.78, 5) is 0. The van der Waals surface area contributed by atoms with Gasteiger partial charge < -0.3 is 10.2 Å². The summed E-state index contributed by atoms with van der Waals surface area (Å²) >= 11 is 0. The Labute approximate surface area is 37.7 Å². The van der Waals surface area contributed by atoms with Crippen LogP contribution in [0.25, 0.3) is 0 Å². The summed E-state index contributed by atoms with van der Waals surface area (Å²) in [6.07, 6.45) is -1.17. The van der Waals surface area contributed by atoms with Crippen molar-refractivity contribution in [3.8, 4) is 0 Å². The Morgan fingerprint density at radius 3 is 1.33 bits per heavy atom. The van der Waals surface area contributed by atoms with E-state index < -0.39 is 6.29 Å². The Morgan fingerprint density at radius 2 is 1.33 bits per heavy atom. The topological polar surface area (TPSA) is 40.5 Å². The largest absolute Gasteiger partial charge is 0.368 e. The monoisotopic (exact) mass is 90.1 g/mol. The molecule has 0 radical (unpaired) electrons. The molecule has 0 aliphatic carbocycles. The molecule has 0 heterocycles. The smallest absolute Gasteiger partial charge is 0.148 e. The van der Waals surface area contributed by atoms with Gasteiger partial charge in [0.15, 0.2) is 0 Å². The molecule has 0 aromatic carbocycles. The van der Waals surface area contributed by atoms with E-state index in [2.05, 4.69) is 13.2 Å². The highest BCUT2D eigenvalue weighted by molar-refractivity contribution is 4.22. The molecule has 6 heavy (non-hydrogen) atoms. The molecule has 0 aromatic heterocycles. The highest BCUT2D eigenvalue weighted by Gasteiger charge is 1.70. The van der Waals surface area contributed by atoms with Crippen LogP contribution in [0.1, 0.15) is 6.92 Å². The molecule has 38 valence electrons. The van der Waals surface area contributed by atoms with Gasteiger partial charge in [-0.15, -0.1) is 13.2 Å². The zero-order valence-electron chi connectivity index (χ0n) is 3.89. The van der Waals surface area contributed by atoms with E-state index in [-0.39, 0.29) is 0 Å². The summed E-state index contributed by atoms with van der Waals surface area (Å²) in [6.45, 7) is 7.28. The summed E-state index contributed by atoms with van der Waals surface area (Å²) in [7, 11) is 0. The van der Waals surface area contributed by atoms with Crippen molar-refractivity contribution in [2.75, 3.05) is 0 Å². The van der Waals surface area contributed by atoms with Gasteiger partial charge in [0.1, 0.15) is 6.29 Å². The van der Waals surface area contributed by atoms with E-state index in [1.54, 1.807) is 0 Å². The van der Waals surface area contributed by atoms with Crippen LogP contribution in [0.5, 0.6) is 0 Å². The van der Waals surface area contributed by atoms with E-state index in [1.165, 1.54) is 6.92 Å². The van der Waals surface area contributed by atoms with Gasteiger partial charge >= 0.3 is 0 Å². The zero-order valence-corrected chi connectivity index (χ0v) is 3.89. The number of aliphatic hydroxyl groups is 2. The van der Waals surface area contributed by atoms with E-state index in [4.69, 9.17) is 10.2 Å². The summed E-state index contributed by atoms with van der Waals surface area (Å²) in [5.74, 6) is 0. The molecule has 2 heteroatoms. The molecule has 0 saturated heterocycles. The van der Waals surface area contributed by atoms with Crippen LogP contribution in [0.15, 0.2) is 13.2 Å². The SMILES string of the molecule is C=C.CC(O)O. The van der Waals surface area contributed by atoms with Crippen molar-refractivity contribution in [3.63, 3.8) is 0 Å². The van der Waals surface area contributed by atoms with Gasteiger partial charge in [0, 0.05) is 0 Å². The molecule has 0 spiro atoms. The number of hydrogen-bond donors (Lipinski definition) is 2. The lowest BCUT2D eigenvalue weighted by atomic mass is 10.8. The Kier molecular flexibility index (Phi) is 13.5. The van der Waals surface area contributed by atoms with E-state index in [9.17, 15) is 0 Å². The third-order valence-electron chi connectivity index (χ3n) is 0. The minimum atomic E-state index is -1.17. The maximum Gasteiger partial charge on any atom is 0.148 e. The summed E-state index contributed by atoms with van der Waals surface area (Å²) in [5, 5.41) is 15.2. The van der Waals surface area contributed by atoms with Crippen LogP contribution in [0, 0.1) is 0 Å². The van der Waals surface area contributed by atoms with Gasteiger partial charge in [0.2, 0.25) is 0 Å². The molecule has 0 aliphatic rings. The first-order valence-corrected chi connectivity index (χ1v) is 1.59. The van der Waals surface area contributed by atoms with Crippen molar-refractivity contribution in [2.24, 2.45) is 0 Å². The summed E-state index contributed by atoms with van der Waals surface area (Å²) in [6, 6.07) is 0. The Morgan fingerprint density at radius 1 is 1.33 bits per heavy atom. The first-order valence-electron chi connectivity index (χ1n) is 1.59. The third kappa shape index (κ3) is 224. The lowest BCUT2D eigenvalue weighted by Gasteiger charge is -1.80. The molecule has 0 saturated carbocycles. The van der Waals surface area contributed by atoms with Crippen molar-refractivity contribution in [1.29, 1.82) is 0 Å². The minimum absolute atomic E-state index is 1.17. The highest BCUT2D eigenvalue weighted by Crippen LogP contribution is 1.57. The van der Waals surface area contributed by atoms with Crippen LogP contribution in [-0.4, -0.2) is 16.5 Å². The van der Waals surface area contributed by atoms with Crippen LogP contribution in [0.4, 0.5) is 0 Å². The maximum absolute atomic E-state index is 7.61. The van der Waals surface area contributed by atoms with Crippen molar-refractivity contribution >= 4 is 0 Å². The van der Waals surface area contributed by atoms with Gasteiger partial charge in [-0.2, -0.15) is 0 Å². The van der Waals surface area contributed by atoms with Crippen molar-refractivity contribution in [1.82, 2.24) is 0 Å². The predicted octanol–water partition coefficient (Wildman–Crippen LogP) is 0.119. The second-order valence-corrected chi connectivity index (χ2v) is 0.632. The second kappa shape index (κ2) is 8.82. The molecular weight excluding hydrogens is 80.0 g/mol. The van der Waals surface area contributed by atoms with Gasteiger partial charge in [-0.25, -0.2) is 0 Å². The van der Waals surface area contributed by atoms with Crippen molar-refractivity contribution in [3.05, 3.63) is 13.2 Å². The first kappa shape index (κ1) is 9.18. The third-order valence-corrected chi connectivity index (χ3v) is 0. The number of hydrogen-bond acceptors (Lipinski definition) is 2. The van der Waals surface area contributed by atoms with E-state index in [0.29, 0.717) is 0 Å². The fourth-order valence-corrected chi connectivity index (χ4v) is 0. The molecule has 0 fully saturated rings. The molecule has 0 aromatic rings. The van der Waals surface area contributed by atoms with E-state index >= 15 is 0 Å². The van der Waals surface area contributed by atoms with Gasteiger partial charge in [-0.3, -0.25) is 0 Å². The quantitative estimate of drug-likeness (QED) is 0.327. The minimum Gasteiger partial charge on any atom is -0.368 e. The first-order chi connectivity index (χ1) is 2.73. The van der Waals surface area contributed by atoms with Gasteiger partial charge in [-0.1, -0.05) is 0 Å². The van der Waals surface area contributed by atoms with Crippen LogP contribution in [0.3, 0.4) is 0 Å². The van der Waals surface area contributed by atoms with Gasteiger partial charge in [-0.05, 0) is 6.92 Å². The van der Waals surface area contributed by atoms with Crippen LogP contribution < -0.4 is 0 Å². The van der Waals surface area contributed by atoms with Gasteiger partial charge in [0.25, 0.3) is 0 Å². The fraction of sp³-hybridized carbons (Fsp3) is 0.500.